The molecule has 3 amide bonds. The van der Waals surface area contributed by atoms with Crippen LogP contribution in [-0.2, 0) is 33.5 Å². The van der Waals surface area contributed by atoms with E-state index in [0.29, 0.717) is 69.1 Å². The molecule has 0 saturated carbocycles. The number of nitrogens with zero attached hydrogens (tertiary/aromatic N) is 5. The zero-order chi connectivity index (χ0) is 59.7. The van der Waals surface area contributed by atoms with Gasteiger partial charge in [0, 0.05) is 98.0 Å². The number of likely N-dealkylation sites (tertiary alicyclic amines) is 2. The van der Waals surface area contributed by atoms with E-state index in [2.05, 4.69) is 39.6 Å². The number of pyridine rings is 2. The average molecular weight is 1220 g/mol. The molecule has 0 unspecified atom stereocenters. The van der Waals surface area contributed by atoms with E-state index in [-0.39, 0.29) is 63.0 Å². The number of fused-ring (bicyclic) bond motifs is 4. The molecule has 19 heteroatoms. The van der Waals surface area contributed by atoms with Crippen LogP contribution in [0.5, 0.6) is 0 Å². The van der Waals surface area contributed by atoms with E-state index in [9.17, 15) is 28.0 Å². The number of amides is 3. The fourth-order valence-electron chi connectivity index (χ4n) is 11.1. The number of aryl methyl sites for hydroxylation is 2. The van der Waals surface area contributed by atoms with Crippen molar-refractivity contribution in [2.45, 2.75) is 83.2 Å². The molecule has 2 saturated heterocycles. The van der Waals surface area contributed by atoms with Gasteiger partial charge in [0.1, 0.15) is 35.2 Å². The summed E-state index contributed by atoms with van der Waals surface area (Å²) in [6.45, 7) is 7.83. The minimum atomic E-state index is -0.989. The summed E-state index contributed by atoms with van der Waals surface area (Å²) >= 11 is 14.9. The maximum absolute atomic E-state index is 13.9. The van der Waals surface area contributed by atoms with Gasteiger partial charge in [-0.25, -0.2) is 33.1 Å². The number of carboxylic acid groups (broad SMARTS) is 1. The van der Waals surface area contributed by atoms with Crippen molar-refractivity contribution >= 4 is 82.2 Å². The molecule has 0 radical (unpaired) electrons. The second kappa shape index (κ2) is 27.0. The van der Waals surface area contributed by atoms with Gasteiger partial charge in [-0.15, -0.1) is 0 Å². The number of carboxylic acids is 1. The highest BCUT2D eigenvalue weighted by Crippen LogP contribution is 2.50. The lowest BCUT2D eigenvalue weighted by Gasteiger charge is -2.39. The Hall–Kier alpha value is -7.96. The molecule has 12 rings (SSSR count). The molecule has 2 fully saturated rings. The molecule has 436 valence electrons. The Kier molecular flexibility index (Phi) is 19.1. The number of hydrogen-bond donors (Lipinski definition) is 2. The van der Waals surface area contributed by atoms with Crippen molar-refractivity contribution in [1.29, 1.82) is 0 Å². The normalized spacial score (nSPS) is 15.1. The third-order valence-corrected chi connectivity index (χ3v) is 17.9. The molecular weight excluding hydrogens is 1160 g/mol. The number of rotatable bonds is 10. The molecule has 2 aromatic heterocycles. The molecule has 85 heavy (non-hydrogen) atoms. The van der Waals surface area contributed by atoms with E-state index >= 15 is 0 Å². The third-order valence-electron chi connectivity index (χ3n) is 15.5. The predicted octanol–water partition coefficient (Wildman–Crippen LogP) is 15.5. The van der Waals surface area contributed by atoms with E-state index in [4.69, 9.17) is 37.8 Å². The van der Waals surface area contributed by atoms with Crippen LogP contribution >= 0.6 is 46.7 Å². The number of nitrogens with one attached hydrogen (secondary N) is 1. The van der Waals surface area contributed by atoms with Gasteiger partial charge in [0.2, 0.25) is 0 Å². The van der Waals surface area contributed by atoms with E-state index in [1.807, 2.05) is 89.5 Å². The summed E-state index contributed by atoms with van der Waals surface area (Å²) in [5, 5.41) is 12.6. The molecule has 6 heterocycles. The Morgan fingerprint density at radius 1 is 0.565 bits per heavy atom. The summed E-state index contributed by atoms with van der Waals surface area (Å²) in [5.41, 5.74) is 8.01. The molecule has 2 N–H and O–H groups in total. The molecule has 4 aliphatic heterocycles. The van der Waals surface area contributed by atoms with Crippen molar-refractivity contribution in [2.75, 3.05) is 49.5 Å². The fourth-order valence-corrected chi connectivity index (χ4v) is 13.3. The number of halogens is 4. The van der Waals surface area contributed by atoms with Crippen molar-refractivity contribution in [1.82, 2.24) is 19.8 Å². The van der Waals surface area contributed by atoms with E-state index in [0.717, 1.165) is 61.3 Å². The number of aromatic carboxylic acids is 1. The first-order valence-corrected chi connectivity index (χ1v) is 30.0. The van der Waals surface area contributed by atoms with E-state index in [1.54, 1.807) is 71.7 Å². The van der Waals surface area contributed by atoms with Crippen LogP contribution in [0.25, 0.3) is 0 Å². The Bertz CT molecular complexity index is 3670. The van der Waals surface area contributed by atoms with Gasteiger partial charge in [-0.1, -0.05) is 107 Å². The van der Waals surface area contributed by atoms with Gasteiger partial charge in [-0.2, -0.15) is 0 Å². The number of ether oxygens (including phenoxy) is 2. The minimum Gasteiger partial charge on any atom is -0.478 e. The number of carbonyl (C=O) groups excluding carboxylic acids is 3. The maximum Gasteiger partial charge on any atom is 0.410 e. The Labute approximate surface area is 510 Å². The SMILES string of the molecule is Cc1cc(C(=O)N2CC3(CCN(C(=O)OCc4ccccc4)CC3)c3cc(Sc4ccc(F)cc4)ccc32)cc(Cl)n1.Cc1cc(C(=O)O)cc(Cl)n1.O=C(OCc1ccccc1)N1CCC2(CC1)CNc1ccc(Sc3ccc(F)cc3)cc12. The summed E-state index contributed by atoms with van der Waals surface area (Å²) < 4.78 is 37.8. The number of piperidine rings is 2. The van der Waals surface area contributed by atoms with Crippen molar-refractivity contribution in [3.8, 4) is 0 Å². The zero-order valence-corrected chi connectivity index (χ0v) is 49.8. The molecule has 6 aromatic carbocycles. The van der Waals surface area contributed by atoms with Gasteiger partial charge in [-0.3, -0.25) is 4.79 Å². The summed E-state index contributed by atoms with van der Waals surface area (Å²) in [6, 6.07) is 51.2. The van der Waals surface area contributed by atoms with Crippen molar-refractivity contribution in [3.05, 3.63) is 237 Å². The maximum atomic E-state index is 13.9. The van der Waals surface area contributed by atoms with E-state index in [1.165, 1.54) is 47.6 Å². The highest BCUT2D eigenvalue weighted by Gasteiger charge is 2.48. The molecule has 0 aliphatic carbocycles. The van der Waals surface area contributed by atoms with Crippen LogP contribution in [0.15, 0.2) is 189 Å². The zero-order valence-electron chi connectivity index (χ0n) is 46.6. The van der Waals surface area contributed by atoms with Crippen LogP contribution in [0.3, 0.4) is 0 Å². The van der Waals surface area contributed by atoms with Crippen LogP contribution < -0.4 is 10.2 Å². The molecule has 2 spiro atoms. The first-order chi connectivity index (χ1) is 41.0. The molecular formula is C66H60Cl2F2N6O7S2. The Morgan fingerprint density at radius 3 is 1.51 bits per heavy atom. The summed E-state index contributed by atoms with van der Waals surface area (Å²) in [6.07, 6.45) is 2.60. The van der Waals surface area contributed by atoms with Crippen LogP contribution in [-0.4, -0.2) is 88.2 Å². The number of carbonyl (C=O) groups is 4. The second-order valence-corrected chi connectivity index (χ2v) is 24.4. The third kappa shape index (κ3) is 14.9. The summed E-state index contributed by atoms with van der Waals surface area (Å²) in [5.74, 6) is -1.62. The monoisotopic (exact) mass is 1220 g/mol. The number of aromatic nitrogens is 2. The number of anilines is 2. The number of benzene rings is 6. The summed E-state index contributed by atoms with van der Waals surface area (Å²) in [4.78, 5) is 67.3. The van der Waals surface area contributed by atoms with Gasteiger partial charge in [0.05, 0.1) is 5.56 Å². The van der Waals surface area contributed by atoms with Crippen LogP contribution in [0.2, 0.25) is 10.3 Å². The van der Waals surface area contributed by atoms with Crippen LogP contribution in [0.4, 0.5) is 29.7 Å². The van der Waals surface area contributed by atoms with Crippen LogP contribution in [0.1, 0.15) is 80.0 Å². The van der Waals surface area contributed by atoms with Crippen LogP contribution in [0, 0.1) is 25.5 Å². The first-order valence-electron chi connectivity index (χ1n) is 27.6. The lowest BCUT2D eigenvalue weighted by Crippen LogP contribution is -2.48. The Balaban J connectivity index is 0.000000164. The van der Waals surface area contributed by atoms with Gasteiger partial charge < -0.3 is 34.6 Å². The second-order valence-electron chi connectivity index (χ2n) is 21.3. The molecule has 8 aromatic rings. The van der Waals surface area contributed by atoms with Crippen molar-refractivity contribution in [3.63, 3.8) is 0 Å². The van der Waals surface area contributed by atoms with E-state index < -0.39 is 5.97 Å². The smallest absolute Gasteiger partial charge is 0.410 e. The standard InChI is InChI=1S/C33H29ClFN3O3S.C26H25FN2O2S.C7H6ClNO2/c1-22-17-24(18-30(34)36-22)31(39)38-21-33(13-15-37(16-14-33)32(40)41-20-23-5-3-2-4-6-23)28-19-27(11-12-29(28)38)42-26-9-7-25(35)8-10-26;27-20-6-8-21(9-7-20)32-22-10-11-24-23(16-22)26(18-28-24)12-14-29(15-13-26)25(30)31-17-19-4-2-1-3-5-19;1-4-2-5(7(10)11)3-6(8)9-4/h2-12,17-19H,13-16,20-21H2,1H3;1-11,16,28H,12-15,17-18H2;2-3H,1H3,(H,10,11). The average Bonchev–Trinajstić information content (AvgIpc) is 1.74. The quantitative estimate of drug-likeness (QED) is 0.125. The predicted molar refractivity (Wildman–Crippen MR) is 327 cm³/mol. The highest BCUT2D eigenvalue weighted by molar-refractivity contribution is 7.99. The summed E-state index contributed by atoms with van der Waals surface area (Å²) in [7, 11) is 0. The van der Waals surface area contributed by atoms with Crippen molar-refractivity contribution < 1.29 is 42.5 Å². The minimum absolute atomic E-state index is 0.0326. The molecule has 13 nitrogen and oxygen atoms in total. The molecule has 4 aliphatic rings. The molecule has 0 atom stereocenters. The molecule has 0 bridgehead atoms. The lowest BCUT2D eigenvalue weighted by atomic mass is 9.74. The lowest BCUT2D eigenvalue weighted by molar-refractivity contribution is 0.0695. The van der Waals surface area contributed by atoms with Gasteiger partial charge >= 0.3 is 18.2 Å². The largest absolute Gasteiger partial charge is 0.478 e. The fraction of sp³-hybridized carbons (Fsp3) is 0.242. The number of hydrogen-bond acceptors (Lipinski definition) is 11. The highest BCUT2D eigenvalue weighted by atomic mass is 35.5. The van der Waals surface area contributed by atoms with Gasteiger partial charge in [-0.05, 0) is 171 Å². The van der Waals surface area contributed by atoms with Gasteiger partial charge in [0.25, 0.3) is 5.91 Å². The van der Waals surface area contributed by atoms with Crippen molar-refractivity contribution in [2.24, 2.45) is 0 Å². The Morgan fingerprint density at radius 2 is 1.01 bits per heavy atom. The topological polar surface area (TPSA) is 154 Å². The van der Waals surface area contributed by atoms with Gasteiger partial charge in [0.15, 0.2) is 0 Å². The first kappa shape index (κ1) is 60.2.